The summed E-state index contributed by atoms with van der Waals surface area (Å²) in [6.07, 6.45) is -1.69. The van der Waals surface area contributed by atoms with Gasteiger partial charge in [-0.25, -0.2) is 17.6 Å². The predicted octanol–water partition coefficient (Wildman–Crippen LogP) is 3.06. The first-order valence-electron chi connectivity index (χ1n) is 10.5. The monoisotopic (exact) mass is 528 g/mol. The van der Waals surface area contributed by atoms with E-state index in [0.717, 1.165) is 30.2 Å². The predicted molar refractivity (Wildman–Crippen MR) is 121 cm³/mol. The third-order valence-electron chi connectivity index (χ3n) is 6.15. The van der Waals surface area contributed by atoms with Crippen molar-refractivity contribution in [2.24, 2.45) is 0 Å². The Hall–Kier alpha value is -3.10. The number of ether oxygens (including phenoxy) is 1. The fraction of sp³-hybridized carbons (Fsp3) is 0.381. The molecule has 2 aliphatic heterocycles. The van der Waals surface area contributed by atoms with Crippen LogP contribution in [0.25, 0.3) is 0 Å². The average Bonchev–Trinajstić information content (AvgIpc) is 3.20. The number of cyclic esters (lactones) is 1. The van der Waals surface area contributed by atoms with Crippen molar-refractivity contribution in [3.8, 4) is 0 Å². The molecule has 0 N–H and O–H groups in total. The molecule has 14 heteroatoms. The number of anilines is 1. The smallest absolute Gasteiger partial charge is 0.415 e. The first-order chi connectivity index (χ1) is 16.4. The lowest BCUT2D eigenvalue weighted by Gasteiger charge is -2.23. The van der Waals surface area contributed by atoms with Gasteiger partial charge in [-0.1, -0.05) is 12.1 Å². The zero-order valence-corrected chi connectivity index (χ0v) is 20.1. The minimum absolute atomic E-state index is 0.0262. The number of benzene rings is 2. The Morgan fingerprint density at radius 2 is 1.89 bits per heavy atom. The van der Waals surface area contributed by atoms with Crippen LogP contribution in [0.2, 0.25) is 0 Å². The van der Waals surface area contributed by atoms with Crippen LogP contribution in [0.3, 0.4) is 0 Å². The van der Waals surface area contributed by atoms with Gasteiger partial charge in [-0.2, -0.15) is 8.42 Å². The number of nitro groups is 1. The normalized spacial score (nSPS) is 20.6. The fourth-order valence-electron chi connectivity index (χ4n) is 4.36. The molecular weight excluding hydrogens is 507 g/mol. The van der Waals surface area contributed by atoms with E-state index in [2.05, 4.69) is 4.18 Å². The molecule has 2 heterocycles. The number of nitro benzene ring substituents is 1. The molecule has 188 valence electrons. The number of sulfone groups is 1. The highest BCUT2D eigenvalue weighted by Crippen LogP contribution is 2.40. The summed E-state index contributed by atoms with van der Waals surface area (Å²) in [7, 11) is -6.59. The molecule has 0 unspecified atom stereocenters. The van der Waals surface area contributed by atoms with Crippen LogP contribution in [0.5, 0.6) is 0 Å². The van der Waals surface area contributed by atoms with Crippen LogP contribution in [-0.4, -0.2) is 53.0 Å². The highest BCUT2D eigenvalue weighted by molar-refractivity contribution is 7.91. The summed E-state index contributed by atoms with van der Waals surface area (Å²) in [5, 5.41) is 11.6. The van der Waals surface area contributed by atoms with E-state index in [4.69, 9.17) is 4.74 Å². The number of hydrogen-bond donors (Lipinski definition) is 0. The van der Waals surface area contributed by atoms with Gasteiger partial charge in [0.25, 0.3) is 15.8 Å². The molecular formula is C21H21FN2O9S2. The third kappa shape index (κ3) is 4.86. The zero-order valence-electron chi connectivity index (χ0n) is 18.4. The summed E-state index contributed by atoms with van der Waals surface area (Å²) in [5.74, 6) is -0.959. The minimum atomic E-state index is -4.37. The fourth-order valence-corrected chi connectivity index (χ4v) is 6.78. The number of amides is 1. The Morgan fingerprint density at radius 1 is 1.20 bits per heavy atom. The first-order valence-corrected chi connectivity index (χ1v) is 13.7. The second kappa shape index (κ2) is 9.17. The second-order valence-electron chi connectivity index (χ2n) is 8.18. The zero-order chi connectivity index (χ0) is 25.5. The lowest BCUT2D eigenvalue weighted by Crippen LogP contribution is -2.25. The van der Waals surface area contributed by atoms with E-state index in [0.29, 0.717) is 18.4 Å². The van der Waals surface area contributed by atoms with Gasteiger partial charge in [0.05, 0.1) is 41.3 Å². The number of carbonyl (C=O) groups excluding carboxylic acids is 1. The summed E-state index contributed by atoms with van der Waals surface area (Å²) in [6, 6.07) is 7.41. The van der Waals surface area contributed by atoms with Gasteiger partial charge in [0.2, 0.25) is 0 Å². The van der Waals surface area contributed by atoms with Gasteiger partial charge in [0, 0.05) is 6.07 Å². The van der Waals surface area contributed by atoms with E-state index < -0.39 is 53.5 Å². The highest BCUT2D eigenvalue weighted by Gasteiger charge is 2.41. The van der Waals surface area contributed by atoms with Gasteiger partial charge in [0.15, 0.2) is 6.10 Å². The quantitative estimate of drug-likeness (QED) is 0.313. The van der Waals surface area contributed by atoms with E-state index >= 15 is 0 Å². The van der Waals surface area contributed by atoms with Gasteiger partial charge in [-0.05, 0) is 42.5 Å². The van der Waals surface area contributed by atoms with E-state index in [1.54, 1.807) is 0 Å². The second-order valence-corrected chi connectivity index (χ2v) is 12.2. The number of hydrogen-bond acceptors (Lipinski definition) is 9. The molecule has 0 aromatic heterocycles. The molecule has 2 aromatic rings. The van der Waals surface area contributed by atoms with Crippen molar-refractivity contribution in [1.82, 2.24) is 0 Å². The van der Waals surface area contributed by atoms with Crippen molar-refractivity contribution in [3.63, 3.8) is 0 Å². The molecule has 0 spiro atoms. The lowest BCUT2D eigenvalue weighted by molar-refractivity contribution is -0.386. The Morgan fingerprint density at radius 3 is 2.49 bits per heavy atom. The van der Waals surface area contributed by atoms with Gasteiger partial charge < -0.3 is 4.74 Å². The van der Waals surface area contributed by atoms with E-state index in [1.165, 1.54) is 18.2 Å². The molecule has 0 radical (unpaired) electrons. The highest BCUT2D eigenvalue weighted by atomic mass is 32.2. The van der Waals surface area contributed by atoms with Crippen molar-refractivity contribution in [1.29, 1.82) is 0 Å². The van der Waals surface area contributed by atoms with Crippen molar-refractivity contribution in [3.05, 3.63) is 63.5 Å². The molecule has 4 rings (SSSR count). The summed E-state index contributed by atoms with van der Waals surface area (Å²) >= 11 is 0. The van der Waals surface area contributed by atoms with Crippen LogP contribution in [0, 0.1) is 15.9 Å². The van der Waals surface area contributed by atoms with Crippen LogP contribution in [0.4, 0.5) is 20.6 Å². The van der Waals surface area contributed by atoms with Crippen LogP contribution in [0.15, 0.2) is 41.3 Å². The third-order valence-corrected chi connectivity index (χ3v) is 9.20. The molecule has 2 fully saturated rings. The Kier molecular flexibility index (Phi) is 6.55. The van der Waals surface area contributed by atoms with E-state index in [-0.39, 0.29) is 35.2 Å². The molecule has 11 nitrogen and oxygen atoms in total. The molecule has 2 aromatic carbocycles. The molecule has 0 saturated carbocycles. The van der Waals surface area contributed by atoms with Gasteiger partial charge in [-0.3, -0.25) is 19.2 Å². The van der Waals surface area contributed by atoms with Crippen molar-refractivity contribution in [2.75, 3.05) is 30.1 Å². The largest absolute Gasteiger partial charge is 0.439 e. The molecule has 0 aliphatic carbocycles. The minimum Gasteiger partial charge on any atom is -0.439 e. The summed E-state index contributed by atoms with van der Waals surface area (Å²) in [5.41, 5.74) is -0.482. The number of carbonyl (C=O) groups is 1. The molecule has 1 amide bonds. The van der Waals surface area contributed by atoms with Crippen molar-refractivity contribution >= 4 is 37.4 Å². The number of rotatable bonds is 6. The molecule has 0 bridgehead atoms. The summed E-state index contributed by atoms with van der Waals surface area (Å²) in [4.78, 5) is 23.9. The molecule has 1 atom stereocenters. The van der Waals surface area contributed by atoms with Gasteiger partial charge in [0.1, 0.15) is 20.5 Å². The topological polar surface area (TPSA) is 150 Å². The standard InChI is InChI=1S/C21H21FN2O9S2/c1-32-35(30,31)19-4-2-3-17(24(26)27)20(19)18-12-23(21(25)33-18)14-5-6-15(16(22)11-14)13-7-9-34(28,29)10-8-13/h2-6,11,13,18H,7-10,12H2,1H3/t18-/m0/s1. The maximum atomic E-state index is 15.0. The van der Waals surface area contributed by atoms with Gasteiger partial charge >= 0.3 is 6.09 Å². The maximum Gasteiger partial charge on any atom is 0.415 e. The summed E-state index contributed by atoms with van der Waals surface area (Å²) in [6.45, 7) is -0.309. The Labute approximate surface area is 200 Å². The molecule has 2 aliphatic rings. The van der Waals surface area contributed by atoms with Crippen LogP contribution in [-0.2, 0) is 28.9 Å². The Balaban J connectivity index is 1.64. The van der Waals surface area contributed by atoms with E-state index in [1.807, 2.05) is 0 Å². The lowest BCUT2D eigenvalue weighted by atomic mass is 9.93. The SMILES string of the molecule is COS(=O)(=O)c1cccc([N+](=O)[O-])c1[C@@H]1CN(c2ccc(C3CCS(=O)(=O)CC3)c(F)c2)C(=O)O1. The number of halogens is 1. The first kappa shape index (κ1) is 25.0. The average molecular weight is 529 g/mol. The maximum absolute atomic E-state index is 15.0. The van der Waals surface area contributed by atoms with Crippen LogP contribution >= 0.6 is 0 Å². The van der Waals surface area contributed by atoms with Crippen LogP contribution < -0.4 is 4.90 Å². The molecule has 35 heavy (non-hydrogen) atoms. The Bertz CT molecular complexity index is 1400. The van der Waals surface area contributed by atoms with Crippen molar-refractivity contribution in [2.45, 2.75) is 29.8 Å². The van der Waals surface area contributed by atoms with E-state index in [9.17, 15) is 36.1 Å². The van der Waals surface area contributed by atoms with Crippen molar-refractivity contribution < 1.29 is 39.9 Å². The summed E-state index contributed by atoms with van der Waals surface area (Å²) < 4.78 is 72.8. The van der Waals surface area contributed by atoms with Crippen LogP contribution in [0.1, 0.15) is 36.0 Å². The van der Waals surface area contributed by atoms with Gasteiger partial charge in [-0.15, -0.1) is 0 Å². The number of nitrogens with zero attached hydrogens (tertiary/aromatic N) is 2. The molecule has 2 saturated heterocycles.